The lowest BCUT2D eigenvalue weighted by atomic mass is 9.92. The number of aromatic nitrogens is 2. The van der Waals surface area contributed by atoms with E-state index in [4.69, 9.17) is 9.47 Å². The van der Waals surface area contributed by atoms with E-state index in [9.17, 15) is 14.4 Å². The Kier molecular flexibility index (Phi) is 11.4. The Morgan fingerprint density at radius 2 is 1.67 bits per heavy atom. The number of hydrogen-bond donors (Lipinski definition) is 2. The van der Waals surface area contributed by atoms with Crippen molar-refractivity contribution in [3.63, 3.8) is 0 Å². The Bertz CT molecular complexity index is 1670. The van der Waals surface area contributed by atoms with Crippen LogP contribution in [0.15, 0.2) is 65.6 Å². The minimum Gasteiger partial charge on any atom is -0.493 e. The lowest BCUT2D eigenvalue weighted by Crippen LogP contribution is -2.40. The molecule has 0 spiro atoms. The third-order valence-electron chi connectivity index (χ3n) is 7.60. The molecule has 238 valence electrons. The van der Waals surface area contributed by atoms with Crippen LogP contribution in [0.2, 0.25) is 0 Å². The summed E-state index contributed by atoms with van der Waals surface area (Å²) in [6.45, 7) is 12.8. The number of carbonyl (C=O) groups excluding carboxylic acids is 2. The number of aromatic amines is 1. The van der Waals surface area contributed by atoms with E-state index in [1.807, 2.05) is 54.6 Å². The van der Waals surface area contributed by atoms with Crippen molar-refractivity contribution in [2.45, 2.75) is 72.6 Å². The molecule has 4 rings (SSSR count). The monoisotopic (exact) mass is 612 g/mol. The zero-order valence-corrected chi connectivity index (χ0v) is 27.1. The van der Waals surface area contributed by atoms with E-state index in [0.29, 0.717) is 53.9 Å². The van der Waals surface area contributed by atoms with E-state index in [1.54, 1.807) is 11.1 Å². The molecule has 2 amide bonds. The van der Waals surface area contributed by atoms with Gasteiger partial charge in [0.1, 0.15) is 17.1 Å². The smallest absolute Gasteiger partial charge is 0.326 e. The Hall–Kier alpha value is -4.66. The molecule has 2 heterocycles. The second-order valence-electron chi connectivity index (χ2n) is 11.7. The molecule has 0 saturated carbocycles. The maximum atomic E-state index is 14.3. The first-order valence-electron chi connectivity index (χ1n) is 15.7. The van der Waals surface area contributed by atoms with Gasteiger partial charge in [-0.25, -0.2) is 9.78 Å². The van der Waals surface area contributed by atoms with Gasteiger partial charge in [0, 0.05) is 42.7 Å². The maximum absolute atomic E-state index is 14.3. The van der Waals surface area contributed by atoms with Crippen LogP contribution in [0, 0.1) is 0 Å². The van der Waals surface area contributed by atoms with Gasteiger partial charge in [-0.2, -0.15) is 0 Å². The number of ether oxygens (including phenoxy) is 2. The number of nitrogens with one attached hydrogen (secondary N) is 2. The highest BCUT2D eigenvalue weighted by Gasteiger charge is 2.27. The van der Waals surface area contributed by atoms with Crippen LogP contribution in [0.4, 0.5) is 16.2 Å². The van der Waals surface area contributed by atoms with Crippen LogP contribution in [0.5, 0.6) is 5.75 Å². The first kappa shape index (κ1) is 33.2. The Balaban J connectivity index is 1.82. The summed E-state index contributed by atoms with van der Waals surface area (Å²) in [5.41, 5.74) is 4.46. The number of pyridine rings is 2. The number of amides is 2. The van der Waals surface area contributed by atoms with Crippen molar-refractivity contribution in [3.8, 4) is 16.9 Å². The minimum absolute atomic E-state index is 0.186. The van der Waals surface area contributed by atoms with Crippen LogP contribution in [0.1, 0.15) is 83.8 Å². The summed E-state index contributed by atoms with van der Waals surface area (Å²) in [4.78, 5) is 48.3. The standard InChI is InChI=1S/C36H44N4O5/c1-7-8-19-40(36(43)38-32-28(23(2)3)15-10-16-29(32)24(4)5)33-31(30-17-11-18-37-34(30)39-35(33)42)26-13-9-14-27(22-26)45-21-12-20-44-25(6)41/h9-11,13-18,22-24H,7-8,12,19-21H2,1-6H3,(H,38,43)(H,37,39,42). The van der Waals surface area contributed by atoms with Crippen LogP contribution in [-0.2, 0) is 9.53 Å². The number of nitrogens with zero attached hydrogens (tertiary/aromatic N) is 2. The molecule has 0 unspecified atom stereocenters. The molecule has 0 aliphatic carbocycles. The van der Waals surface area contributed by atoms with Gasteiger partial charge in [-0.15, -0.1) is 0 Å². The number of para-hydroxylation sites is 1. The average Bonchev–Trinajstić information content (AvgIpc) is 3.01. The molecule has 0 aliphatic heterocycles. The van der Waals surface area contributed by atoms with Crippen molar-refractivity contribution in [1.82, 2.24) is 9.97 Å². The molecule has 0 bridgehead atoms. The number of anilines is 2. The number of rotatable bonds is 13. The van der Waals surface area contributed by atoms with E-state index < -0.39 is 5.56 Å². The minimum atomic E-state index is -0.406. The van der Waals surface area contributed by atoms with Gasteiger partial charge in [0.15, 0.2) is 0 Å². The third kappa shape index (κ3) is 8.09. The number of urea groups is 1. The molecule has 9 nitrogen and oxygen atoms in total. The van der Waals surface area contributed by atoms with Gasteiger partial charge in [-0.05, 0) is 59.2 Å². The highest BCUT2D eigenvalue weighted by Crippen LogP contribution is 2.37. The summed E-state index contributed by atoms with van der Waals surface area (Å²) >= 11 is 0. The van der Waals surface area contributed by atoms with Crippen molar-refractivity contribution in [1.29, 1.82) is 0 Å². The topological polar surface area (TPSA) is 114 Å². The van der Waals surface area contributed by atoms with Gasteiger partial charge in [-0.3, -0.25) is 14.5 Å². The van der Waals surface area contributed by atoms with Gasteiger partial charge in [0.05, 0.1) is 13.2 Å². The maximum Gasteiger partial charge on any atom is 0.326 e. The molecule has 2 N–H and O–H groups in total. The van der Waals surface area contributed by atoms with E-state index in [2.05, 4.69) is 49.9 Å². The highest BCUT2D eigenvalue weighted by molar-refractivity contribution is 6.09. The molecule has 45 heavy (non-hydrogen) atoms. The van der Waals surface area contributed by atoms with Gasteiger partial charge in [0.25, 0.3) is 5.56 Å². The second-order valence-corrected chi connectivity index (χ2v) is 11.7. The molecule has 9 heteroatoms. The quantitative estimate of drug-likeness (QED) is 0.117. The van der Waals surface area contributed by atoms with Crippen LogP contribution >= 0.6 is 0 Å². The first-order valence-corrected chi connectivity index (χ1v) is 15.7. The number of benzene rings is 2. The molecule has 2 aromatic carbocycles. The number of esters is 1. The predicted molar refractivity (Wildman–Crippen MR) is 180 cm³/mol. The summed E-state index contributed by atoms with van der Waals surface area (Å²) < 4.78 is 11.0. The van der Waals surface area contributed by atoms with Crippen LogP contribution < -0.4 is 20.5 Å². The molecule has 0 fully saturated rings. The van der Waals surface area contributed by atoms with Gasteiger partial charge in [-0.1, -0.05) is 71.4 Å². The summed E-state index contributed by atoms with van der Waals surface area (Å²) in [5.74, 6) is 0.635. The van der Waals surface area contributed by atoms with E-state index >= 15 is 0 Å². The molecule has 2 aromatic heterocycles. The Morgan fingerprint density at radius 3 is 2.33 bits per heavy atom. The number of H-pyrrole nitrogens is 1. The van der Waals surface area contributed by atoms with Crippen LogP contribution in [-0.4, -0.2) is 41.7 Å². The fourth-order valence-corrected chi connectivity index (χ4v) is 5.37. The van der Waals surface area contributed by atoms with Crippen molar-refractivity contribution in [2.75, 3.05) is 30.0 Å². The van der Waals surface area contributed by atoms with Crippen molar-refractivity contribution in [3.05, 3.63) is 82.3 Å². The molecule has 0 atom stereocenters. The van der Waals surface area contributed by atoms with Gasteiger partial charge >= 0.3 is 12.0 Å². The molecule has 0 saturated heterocycles. The lowest BCUT2D eigenvalue weighted by Gasteiger charge is -2.28. The largest absolute Gasteiger partial charge is 0.493 e. The zero-order valence-electron chi connectivity index (χ0n) is 27.1. The number of fused-ring (bicyclic) bond motifs is 1. The second kappa shape index (κ2) is 15.4. The lowest BCUT2D eigenvalue weighted by molar-refractivity contribution is -0.141. The number of unbranched alkanes of at least 4 members (excludes halogenated alkanes) is 1. The van der Waals surface area contributed by atoms with E-state index in [-0.39, 0.29) is 36.1 Å². The van der Waals surface area contributed by atoms with Crippen molar-refractivity contribution in [2.24, 2.45) is 0 Å². The van der Waals surface area contributed by atoms with Gasteiger partial charge in [0.2, 0.25) is 0 Å². The summed E-state index contributed by atoms with van der Waals surface area (Å²) in [7, 11) is 0. The molecule has 0 radical (unpaired) electrons. The third-order valence-corrected chi connectivity index (χ3v) is 7.60. The molecular formula is C36H44N4O5. The number of carbonyl (C=O) groups is 2. The van der Waals surface area contributed by atoms with E-state index in [0.717, 1.165) is 23.2 Å². The predicted octanol–water partition coefficient (Wildman–Crippen LogP) is 8.01. The zero-order chi connectivity index (χ0) is 32.5. The van der Waals surface area contributed by atoms with Crippen molar-refractivity contribution >= 4 is 34.4 Å². The molecule has 0 aliphatic rings. The fourth-order valence-electron chi connectivity index (χ4n) is 5.37. The highest BCUT2D eigenvalue weighted by atomic mass is 16.5. The van der Waals surface area contributed by atoms with Crippen LogP contribution in [0.25, 0.3) is 22.2 Å². The normalized spacial score (nSPS) is 11.2. The van der Waals surface area contributed by atoms with Gasteiger partial charge < -0.3 is 19.8 Å². The molecule has 4 aromatic rings. The van der Waals surface area contributed by atoms with Crippen LogP contribution in [0.3, 0.4) is 0 Å². The van der Waals surface area contributed by atoms with Crippen molar-refractivity contribution < 1.29 is 19.1 Å². The number of hydrogen-bond acceptors (Lipinski definition) is 6. The SMILES string of the molecule is CCCCN(C(=O)Nc1c(C(C)C)cccc1C(C)C)c1c(-c2cccc(OCCCOC(C)=O)c2)c2cccnc2[nH]c1=O. The summed E-state index contributed by atoms with van der Waals surface area (Å²) in [5, 5.41) is 3.93. The first-order chi connectivity index (χ1) is 21.6. The summed E-state index contributed by atoms with van der Waals surface area (Å²) in [6, 6.07) is 16.9. The fraction of sp³-hybridized carbons (Fsp3) is 0.389. The van der Waals surface area contributed by atoms with E-state index in [1.165, 1.54) is 6.92 Å². The summed E-state index contributed by atoms with van der Waals surface area (Å²) in [6.07, 6.45) is 3.70. The Labute approximate surface area is 265 Å². The molecular weight excluding hydrogens is 568 g/mol. The Morgan fingerprint density at radius 1 is 0.956 bits per heavy atom. The average molecular weight is 613 g/mol.